The molecule has 0 aliphatic carbocycles. The van der Waals surface area contributed by atoms with E-state index >= 15 is 0 Å². The van der Waals surface area contributed by atoms with Gasteiger partial charge in [0.1, 0.15) is 5.75 Å². The normalized spacial score (nSPS) is 14.3. The Bertz CT molecular complexity index is 726. The molecule has 0 spiro atoms. The maximum absolute atomic E-state index is 9.39. The Morgan fingerprint density at radius 1 is 1.30 bits per heavy atom. The molecule has 1 aromatic carbocycles. The number of ether oxygens (including phenoxy) is 1. The third-order valence-corrected chi connectivity index (χ3v) is 3.59. The Morgan fingerprint density at radius 3 is 2.78 bits per heavy atom. The zero-order valence-electron chi connectivity index (χ0n) is 12.9. The molecular weight excluding hydrogens is 292 g/mol. The molecule has 23 heavy (non-hydrogen) atoms. The zero-order chi connectivity index (χ0) is 16.1. The minimum absolute atomic E-state index is 0.326. The fourth-order valence-electron chi connectivity index (χ4n) is 2.35. The SMILES string of the molecule is CCc1ccc(Oc2ncccc2/C(=N/O)N2CCC=N2)cc1. The molecule has 0 saturated carbocycles. The lowest BCUT2D eigenvalue weighted by Gasteiger charge is -2.17. The van der Waals surface area contributed by atoms with Gasteiger partial charge in [-0.3, -0.25) is 0 Å². The maximum atomic E-state index is 9.39. The van der Waals surface area contributed by atoms with Gasteiger partial charge < -0.3 is 9.94 Å². The number of pyridine rings is 1. The van der Waals surface area contributed by atoms with Crippen LogP contribution in [0, 0.1) is 0 Å². The van der Waals surface area contributed by atoms with Crippen molar-refractivity contribution in [3.05, 3.63) is 53.7 Å². The van der Waals surface area contributed by atoms with Crippen molar-refractivity contribution in [1.82, 2.24) is 9.99 Å². The number of nitrogens with zero attached hydrogens (tertiary/aromatic N) is 4. The van der Waals surface area contributed by atoms with Crippen molar-refractivity contribution in [2.45, 2.75) is 19.8 Å². The highest BCUT2D eigenvalue weighted by Crippen LogP contribution is 2.25. The van der Waals surface area contributed by atoms with Gasteiger partial charge in [-0.25, -0.2) is 9.99 Å². The van der Waals surface area contributed by atoms with Crippen LogP contribution in [0.1, 0.15) is 24.5 Å². The number of aryl methyl sites for hydroxylation is 1. The third-order valence-electron chi connectivity index (χ3n) is 3.59. The summed E-state index contributed by atoms with van der Waals surface area (Å²) in [5, 5.41) is 18.6. The molecule has 0 bridgehead atoms. The third kappa shape index (κ3) is 3.31. The van der Waals surface area contributed by atoms with E-state index in [0.29, 0.717) is 29.6 Å². The summed E-state index contributed by atoms with van der Waals surface area (Å²) in [6.45, 7) is 2.77. The number of hydrogen-bond acceptors (Lipinski definition) is 5. The average Bonchev–Trinajstić information content (AvgIpc) is 3.12. The molecule has 118 valence electrons. The number of aromatic nitrogens is 1. The van der Waals surface area contributed by atoms with Crippen LogP contribution in [0.2, 0.25) is 0 Å². The quantitative estimate of drug-likeness (QED) is 0.407. The van der Waals surface area contributed by atoms with E-state index in [4.69, 9.17) is 4.74 Å². The summed E-state index contributed by atoms with van der Waals surface area (Å²) in [4.78, 5) is 4.26. The summed E-state index contributed by atoms with van der Waals surface area (Å²) in [6.07, 6.45) is 5.21. The number of rotatable bonds is 4. The number of hydrazone groups is 1. The Kier molecular flexibility index (Phi) is 4.52. The Balaban J connectivity index is 1.89. The minimum Gasteiger partial charge on any atom is -0.438 e. The van der Waals surface area contributed by atoms with Gasteiger partial charge in [-0.2, -0.15) is 5.10 Å². The summed E-state index contributed by atoms with van der Waals surface area (Å²) < 4.78 is 5.87. The first-order valence-electron chi connectivity index (χ1n) is 7.56. The second kappa shape index (κ2) is 6.91. The van der Waals surface area contributed by atoms with Gasteiger partial charge in [0.25, 0.3) is 0 Å². The topological polar surface area (TPSA) is 70.3 Å². The van der Waals surface area contributed by atoms with Crippen LogP contribution in [-0.4, -0.2) is 33.8 Å². The lowest BCUT2D eigenvalue weighted by Crippen LogP contribution is -2.25. The molecule has 0 unspecified atom stereocenters. The molecule has 3 rings (SSSR count). The molecule has 1 aliphatic rings. The molecule has 6 heteroatoms. The molecule has 0 radical (unpaired) electrons. The van der Waals surface area contributed by atoms with Crippen LogP contribution in [0.25, 0.3) is 0 Å². The van der Waals surface area contributed by atoms with Gasteiger partial charge in [0.2, 0.25) is 11.7 Å². The highest BCUT2D eigenvalue weighted by Gasteiger charge is 2.21. The van der Waals surface area contributed by atoms with E-state index < -0.39 is 0 Å². The van der Waals surface area contributed by atoms with Crippen molar-refractivity contribution in [3.8, 4) is 11.6 Å². The molecule has 1 aliphatic heterocycles. The molecular formula is C17H18N4O2. The van der Waals surface area contributed by atoms with Gasteiger partial charge in [-0.15, -0.1) is 0 Å². The second-order valence-corrected chi connectivity index (χ2v) is 5.09. The van der Waals surface area contributed by atoms with Crippen LogP contribution in [-0.2, 0) is 6.42 Å². The molecule has 0 saturated heterocycles. The van der Waals surface area contributed by atoms with E-state index in [-0.39, 0.29) is 0 Å². The highest BCUT2D eigenvalue weighted by atomic mass is 16.5. The minimum atomic E-state index is 0.326. The van der Waals surface area contributed by atoms with E-state index in [1.54, 1.807) is 29.6 Å². The van der Waals surface area contributed by atoms with E-state index in [2.05, 4.69) is 22.2 Å². The largest absolute Gasteiger partial charge is 0.438 e. The van der Waals surface area contributed by atoms with Gasteiger partial charge in [0.05, 0.1) is 5.56 Å². The molecule has 2 aromatic rings. The van der Waals surface area contributed by atoms with Gasteiger partial charge in [-0.05, 0) is 36.2 Å². The van der Waals surface area contributed by atoms with Crippen molar-refractivity contribution >= 4 is 12.1 Å². The molecule has 2 heterocycles. The lowest BCUT2D eigenvalue weighted by atomic mass is 10.2. The van der Waals surface area contributed by atoms with Crippen LogP contribution in [0.4, 0.5) is 0 Å². The smallest absolute Gasteiger partial charge is 0.230 e. The Labute approximate surface area is 134 Å². The maximum Gasteiger partial charge on any atom is 0.230 e. The first-order chi connectivity index (χ1) is 11.3. The van der Waals surface area contributed by atoms with Gasteiger partial charge in [-0.1, -0.05) is 24.2 Å². The van der Waals surface area contributed by atoms with E-state index in [1.807, 2.05) is 24.3 Å². The van der Waals surface area contributed by atoms with Crippen LogP contribution in [0.3, 0.4) is 0 Å². The Hall–Kier alpha value is -2.89. The second-order valence-electron chi connectivity index (χ2n) is 5.09. The first kappa shape index (κ1) is 15.0. The lowest BCUT2D eigenvalue weighted by molar-refractivity contribution is 0.304. The van der Waals surface area contributed by atoms with E-state index in [0.717, 1.165) is 12.8 Å². The molecule has 1 N–H and O–H groups in total. The number of oxime groups is 1. The van der Waals surface area contributed by atoms with Gasteiger partial charge >= 0.3 is 0 Å². The van der Waals surface area contributed by atoms with Crippen molar-refractivity contribution in [2.24, 2.45) is 10.3 Å². The van der Waals surface area contributed by atoms with Crippen molar-refractivity contribution < 1.29 is 9.94 Å². The standard InChI is InChI=1S/C17H18N4O2/c1-2-13-6-8-14(9-7-13)23-17-15(5-3-10-18-17)16(20-22)21-12-4-11-19-21/h3,5-11,22H,2,4,12H2,1H3/b20-16-. The van der Waals surface area contributed by atoms with Gasteiger partial charge in [0.15, 0.2) is 0 Å². The number of hydrogen-bond donors (Lipinski definition) is 1. The van der Waals surface area contributed by atoms with Crippen LogP contribution < -0.4 is 4.74 Å². The molecule has 6 nitrogen and oxygen atoms in total. The summed E-state index contributed by atoms with van der Waals surface area (Å²) >= 11 is 0. The monoisotopic (exact) mass is 310 g/mol. The molecule has 0 amide bonds. The number of benzene rings is 1. The van der Waals surface area contributed by atoms with Gasteiger partial charge in [0, 0.05) is 25.4 Å². The summed E-state index contributed by atoms with van der Waals surface area (Å²) in [7, 11) is 0. The summed E-state index contributed by atoms with van der Waals surface area (Å²) in [6, 6.07) is 11.4. The van der Waals surface area contributed by atoms with E-state index in [9.17, 15) is 5.21 Å². The average molecular weight is 310 g/mol. The van der Waals surface area contributed by atoms with Crippen LogP contribution in [0.5, 0.6) is 11.6 Å². The predicted octanol–water partition coefficient (Wildman–Crippen LogP) is 3.26. The summed E-state index contributed by atoms with van der Waals surface area (Å²) in [5.74, 6) is 1.39. The van der Waals surface area contributed by atoms with Crippen molar-refractivity contribution in [3.63, 3.8) is 0 Å². The number of amidine groups is 1. The van der Waals surface area contributed by atoms with Crippen molar-refractivity contribution in [1.29, 1.82) is 0 Å². The predicted molar refractivity (Wildman–Crippen MR) is 88.3 cm³/mol. The molecule has 0 fully saturated rings. The Morgan fingerprint density at radius 2 is 2.13 bits per heavy atom. The van der Waals surface area contributed by atoms with Crippen LogP contribution in [0.15, 0.2) is 52.9 Å². The fourth-order valence-corrected chi connectivity index (χ4v) is 2.35. The first-order valence-corrected chi connectivity index (χ1v) is 7.56. The fraction of sp³-hybridized carbons (Fsp3) is 0.235. The van der Waals surface area contributed by atoms with E-state index in [1.165, 1.54) is 5.56 Å². The highest BCUT2D eigenvalue weighted by molar-refractivity contribution is 6.01. The molecule has 1 aromatic heterocycles. The van der Waals surface area contributed by atoms with Crippen LogP contribution >= 0.6 is 0 Å². The van der Waals surface area contributed by atoms with Crippen molar-refractivity contribution in [2.75, 3.05) is 6.54 Å². The summed E-state index contributed by atoms with van der Waals surface area (Å²) in [5.41, 5.74) is 1.83. The molecule has 0 atom stereocenters. The zero-order valence-corrected chi connectivity index (χ0v) is 12.9.